The zero-order valence-corrected chi connectivity index (χ0v) is 15.8. The molecule has 0 atom stereocenters. The first kappa shape index (κ1) is 20.6. The molecule has 0 aliphatic rings. The van der Waals surface area contributed by atoms with E-state index >= 15 is 0 Å². The number of amides is 1. The summed E-state index contributed by atoms with van der Waals surface area (Å²) < 4.78 is 58.4. The molecule has 1 amide bonds. The van der Waals surface area contributed by atoms with Crippen LogP contribution in [0.5, 0.6) is 5.88 Å². The van der Waals surface area contributed by atoms with Crippen molar-refractivity contribution in [2.75, 3.05) is 12.4 Å². The molecule has 29 heavy (non-hydrogen) atoms. The number of aromatic nitrogens is 3. The summed E-state index contributed by atoms with van der Waals surface area (Å²) in [5.41, 5.74) is -0.635. The van der Waals surface area contributed by atoms with E-state index in [4.69, 9.17) is 16.3 Å². The van der Waals surface area contributed by atoms with Gasteiger partial charge in [0.2, 0.25) is 5.88 Å². The number of nitrogens with zero attached hydrogens (tertiary/aromatic N) is 3. The van der Waals surface area contributed by atoms with Crippen molar-refractivity contribution in [2.24, 2.45) is 7.05 Å². The minimum atomic E-state index is -4.85. The Morgan fingerprint density at radius 2 is 1.97 bits per heavy atom. The van der Waals surface area contributed by atoms with Crippen LogP contribution < -0.4 is 10.1 Å². The van der Waals surface area contributed by atoms with Crippen LogP contribution in [0.1, 0.15) is 15.9 Å². The van der Waals surface area contributed by atoms with Gasteiger partial charge < -0.3 is 10.1 Å². The van der Waals surface area contributed by atoms with Crippen molar-refractivity contribution in [1.82, 2.24) is 14.8 Å². The first-order chi connectivity index (χ1) is 13.6. The number of carbonyl (C=O) groups is 1. The van der Waals surface area contributed by atoms with Crippen molar-refractivity contribution in [3.63, 3.8) is 0 Å². The summed E-state index contributed by atoms with van der Waals surface area (Å²) >= 11 is 6.14. The van der Waals surface area contributed by atoms with Crippen molar-refractivity contribution in [3.8, 4) is 17.1 Å². The number of carbonyl (C=O) groups excluding carboxylic acids is 1. The van der Waals surface area contributed by atoms with Crippen molar-refractivity contribution < 1.29 is 27.1 Å². The molecule has 0 bridgehead atoms. The minimum Gasteiger partial charge on any atom is -0.481 e. The van der Waals surface area contributed by atoms with Gasteiger partial charge in [-0.1, -0.05) is 11.6 Å². The van der Waals surface area contributed by atoms with Gasteiger partial charge in [0.15, 0.2) is 0 Å². The van der Waals surface area contributed by atoms with Crippen LogP contribution in [-0.2, 0) is 13.2 Å². The van der Waals surface area contributed by atoms with Crippen LogP contribution in [0, 0.1) is 5.82 Å². The van der Waals surface area contributed by atoms with E-state index in [0.717, 1.165) is 6.07 Å². The number of rotatable bonds is 4. The number of aryl methyl sites for hydroxylation is 1. The number of halogens is 5. The summed E-state index contributed by atoms with van der Waals surface area (Å²) in [6, 6.07) is 3.43. The Balaban J connectivity index is 1.92. The van der Waals surface area contributed by atoms with Crippen LogP contribution in [0.3, 0.4) is 0 Å². The van der Waals surface area contributed by atoms with Gasteiger partial charge in [0, 0.05) is 12.6 Å². The SMILES string of the molecule is COc1ncc(NC(=O)c2ccc(C(F)(F)F)c(F)c2)cc1-c1c(Cl)cnn1C. The van der Waals surface area contributed by atoms with Crippen LogP contribution >= 0.6 is 11.6 Å². The average Bonchev–Trinajstić information content (AvgIpc) is 2.98. The molecule has 3 rings (SSSR count). The van der Waals surface area contributed by atoms with E-state index in [1.807, 2.05) is 0 Å². The molecule has 1 aromatic carbocycles. The number of hydrogen-bond donors (Lipinski definition) is 1. The van der Waals surface area contributed by atoms with Gasteiger partial charge in [-0.05, 0) is 24.3 Å². The first-order valence-electron chi connectivity index (χ1n) is 8.01. The standard InChI is InChI=1S/C18H13ClF4N4O2/c1-27-15(13(19)8-25-27)11-6-10(7-24-17(11)29-2)26-16(28)9-3-4-12(14(20)5-9)18(21,22)23/h3-8H,1-2H3,(H,26,28). The summed E-state index contributed by atoms with van der Waals surface area (Å²) in [6.07, 6.45) is -2.15. The molecule has 0 saturated carbocycles. The molecular formula is C18H13ClF4N4O2. The quantitative estimate of drug-likeness (QED) is 0.619. The Morgan fingerprint density at radius 1 is 1.24 bits per heavy atom. The van der Waals surface area contributed by atoms with Crippen LogP contribution in [0.15, 0.2) is 36.7 Å². The lowest BCUT2D eigenvalue weighted by atomic mass is 10.1. The fourth-order valence-electron chi connectivity index (χ4n) is 2.66. The molecule has 0 saturated heterocycles. The Labute approximate surface area is 167 Å². The Morgan fingerprint density at radius 3 is 2.52 bits per heavy atom. The molecule has 0 aliphatic carbocycles. The fourth-order valence-corrected chi connectivity index (χ4v) is 2.92. The molecule has 0 spiro atoms. The van der Waals surface area contributed by atoms with E-state index in [0.29, 0.717) is 28.4 Å². The van der Waals surface area contributed by atoms with E-state index in [1.54, 1.807) is 7.05 Å². The number of benzene rings is 1. The van der Waals surface area contributed by atoms with Crippen molar-refractivity contribution in [2.45, 2.75) is 6.18 Å². The van der Waals surface area contributed by atoms with E-state index < -0.39 is 23.5 Å². The highest BCUT2D eigenvalue weighted by atomic mass is 35.5. The Bertz CT molecular complexity index is 1060. The number of hydrogen-bond acceptors (Lipinski definition) is 4. The second-order valence-corrected chi connectivity index (χ2v) is 6.30. The fraction of sp³-hybridized carbons (Fsp3) is 0.167. The maximum absolute atomic E-state index is 13.7. The smallest absolute Gasteiger partial charge is 0.419 e. The van der Waals surface area contributed by atoms with Gasteiger partial charge in [-0.25, -0.2) is 9.37 Å². The predicted molar refractivity (Wildman–Crippen MR) is 97.4 cm³/mol. The van der Waals surface area contributed by atoms with Crippen LogP contribution in [0.2, 0.25) is 5.02 Å². The second kappa shape index (κ2) is 7.70. The third kappa shape index (κ3) is 4.16. The molecule has 3 aromatic rings. The van der Waals surface area contributed by atoms with Gasteiger partial charge in [-0.15, -0.1) is 0 Å². The van der Waals surface area contributed by atoms with E-state index in [9.17, 15) is 22.4 Å². The molecule has 2 aromatic heterocycles. The molecule has 2 heterocycles. The van der Waals surface area contributed by atoms with Gasteiger partial charge in [0.25, 0.3) is 5.91 Å². The summed E-state index contributed by atoms with van der Waals surface area (Å²) in [6.45, 7) is 0. The van der Waals surface area contributed by atoms with E-state index in [-0.39, 0.29) is 17.1 Å². The summed E-state index contributed by atoms with van der Waals surface area (Å²) in [7, 11) is 3.05. The minimum absolute atomic E-state index is 0.198. The zero-order valence-electron chi connectivity index (χ0n) is 15.0. The number of alkyl halides is 3. The molecule has 0 fully saturated rings. The summed E-state index contributed by atoms with van der Waals surface area (Å²) in [5, 5.41) is 6.80. The van der Waals surface area contributed by atoms with Gasteiger partial charge in [-0.3, -0.25) is 9.48 Å². The van der Waals surface area contributed by atoms with Gasteiger partial charge >= 0.3 is 6.18 Å². The molecule has 0 aliphatic heterocycles. The first-order valence-corrected chi connectivity index (χ1v) is 8.39. The third-order valence-electron chi connectivity index (χ3n) is 3.99. The number of pyridine rings is 1. The van der Waals surface area contributed by atoms with Gasteiger partial charge in [-0.2, -0.15) is 18.3 Å². The lowest BCUT2D eigenvalue weighted by Gasteiger charge is -2.12. The van der Waals surface area contributed by atoms with Gasteiger partial charge in [0.05, 0.1) is 47.0 Å². The summed E-state index contributed by atoms with van der Waals surface area (Å²) in [5.74, 6) is -2.14. The van der Waals surface area contributed by atoms with Crippen molar-refractivity contribution in [1.29, 1.82) is 0 Å². The van der Waals surface area contributed by atoms with Crippen molar-refractivity contribution >= 4 is 23.2 Å². The molecule has 0 unspecified atom stereocenters. The van der Waals surface area contributed by atoms with Crippen LogP contribution in [0.25, 0.3) is 11.3 Å². The Kier molecular flexibility index (Phi) is 5.47. The number of methoxy groups -OCH3 is 1. The van der Waals surface area contributed by atoms with Crippen LogP contribution in [0.4, 0.5) is 23.2 Å². The largest absolute Gasteiger partial charge is 0.481 e. The molecule has 1 N–H and O–H groups in total. The van der Waals surface area contributed by atoms with Gasteiger partial charge in [0.1, 0.15) is 5.82 Å². The topological polar surface area (TPSA) is 69.0 Å². The number of anilines is 1. The second-order valence-electron chi connectivity index (χ2n) is 5.89. The maximum Gasteiger partial charge on any atom is 0.419 e. The highest BCUT2D eigenvalue weighted by Gasteiger charge is 2.34. The maximum atomic E-state index is 13.7. The number of nitrogens with one attached hydrogen (secondary N) is 1. The molecule has 0 radical (unpaired) electrons. The molecule has 11 heteroatoms. The Hall–Kier alpha value is -3.14. The number of ether oxygens (including phenoxy) is 1. The molecule has 152 valence electrons. The highest BCUT2D eigenvalue weighted by Crippen LogP contribution is 2.35. The predicted octanol–water partition coefficient (Wildman–Crippen LogP) is 4.55. The average molecular weight is 429 g/mol. The molecular weight excluding hydrogens is 416 g/mol. The zero-order chi connectivity index (χ0) is 21.3. The lowest BCUT2D eigenvalue weighted by molar-refractivity contribution is -0.140. The third-order valence-corrected chi connectivity index (χ3v) is 4.26. The molecule has 6 nitrogen and oxygen atoms in total. The highest BCUT2D eigenvalue weighted by molar-refractivity contribution is 6.33. The lowest BCUT2D eigenvalue weighted by Crippen LogP contribution is -2.15. The normalized spacial score (nSPS) is 11.4. The summed E-state index contributed by atoms with van der Waals surface area (Å²) in [4.78, 5) is 16.4. The van der Waals surface area contributed by atoms with E-state index in [2.05, 4.69) is 15.4 Å². The van der Waals surface area contributed by atoms with Crippen LogP contribution in [-0.4, -0.2) is 27.8 Å². The van der Waals surface area contributed by atoms with Crippen molar-refractivity contribution in [3.05, 3.63) is 58.6 Å². The van der Waals surface area contributed by atoms with E-state index in [1.165, 1.54) is 30.3 Å². The monoisotopic (exact) mass is 428 g/mol.